The number of nitro benzene ring substituents is 1. The molecule has 0 radical (unpaired) electrons. The first-order chi connectivity index (χ1) is 15.9. The molecule has 0 saturated carbocycles. The lowest BCUT2D eigenvalue weighted by atomic mass is 10.1. The van der Waals surface area contributed by atoms with Crippen molar-refractivity contribution in [2.45, 2.75) is 6.61 Å². The largest absolute Gasteiger partial charge is 0.493 e. The molecule has 166 valence electrons. The Morgan fingerprint density at radius 2 is 1.91 bits per heavy atom. The second-order valence-electron chi connectivity index (χ2n) is 6.73. The number of anilines is 1. The first kappa shape index (κ1) is 23.3. The summed E-state index contributed by atoms with van der Waals surface area (Å²) in [6.07, 6.45) is 1.39. The van der Waals surface area contributed by atoms with Gasteiger partial charge in [-0.2, -0.15) is 5.26 Å². The Morgan fingerprint density at radius 1 is 1.15 bits per heavy atom. The summed E-state index contributed by atoms with van der Waals surface area (Å²) in [4.78, 5) is 22.8. The monoisotopic (exact) mass is 463 g/mol. The molecule has 0 heterocycles. The van der Waals surface area contributed by atoms with Gasteiger partial charge in [0.25, 0.3) is 11.6 Å². The molecule has 0 unspecified atom stereocenters. The summed E-state index contributed by atoms with van der Waals surface area (Å²) in [6.45, 7) is 0.314. The van der Waals surface area contributed by atoms with Crippen LogP contribution < -0.4 is 14.8 Å². The van der Waals surface area contributed by atoms with Crippen LogP contribution in [0.3, 0.4) is 0 Å². The average molecular weight is 464 g/mol. The van der Waals surface area contributed by atoms with Gasteiger partial charge in [0.15, 0.2) is 11.5 Å². The number of halogens is 1. The van der Waals surface area contributed by atoms with Gasteiger partial charge in [-0.15, -0.1) is 0 Å². The average Bonchev–Trinajstić information content (AvgIpc) is 2.83. The zero-order valence-electron chi connectivity index (χ0n) is 17.4. The summed E-state index contributed by atoms with van der Waals surface area (Å²) in [6, 6.07) is 20.1. The van der Waals surface area contributed by atoms with E-state index in [4.69, 9.17) is 21.1 Å². The van der Waals surface area contributed by atoms with Crippen LogP contribution in [0, 0.1) is 21.4 Å². The maximum absolute atomic E-state index is 12.6. The van der Waals surface area contributed by atoms with Gasteiger partial charge in [0.05, 0.1) is 22.7 Å². The highest BCUT2D eigenvalue weighted by Gasteiger charge is 2.15. The Balaban J connectivity index is 1.80. The molecule has 33 heavy (non-hydrogen) atoms. The predicted octanol–water partition coefficient (Wildman–Crippen LogP) is 5.38. The minimum Gasteiger partial charge on any atom is -0.493 e. The number of carbonyl (C=O) groups is 1. The van der Waals surface area contributed by atoms with E-state index in [1.54, 1.807) is 18.2 Å². The van der Waals surface area contributed by atoms with E-state index < -0.39 is 10.8 Å². The van der Waals surface area contributed by atoms with Crippen LogP contribution in [0.1, 0.15) is 11.1 Å². The minimum absolute atomic E-state index is 0.0177. The van der Waals surface area contributed by atoms with Gasteiger partial charge in [0.1, 0.15) is 18.2 Å². The number of non-ortho nitro benzene ring substituents is 1. The van der Waals surface area contributed by atoms with Crippen molar-refractivity contribution >= 4 is 35.0 Å². The zero-order valence-corrected chi connectivity index (χ0v) is 18.2. The Hall–Kier alpha value is -4.35. The number of hydrogen-bond acceptors (Lipinski definition) is 6. The Labute approximate surface area is 194 Å². The highest BCUT2D eigenvalue weighted by molar-refractivity contribution is 6.34. The number of methoxy groups -OCH3 is 1. The van der Waals surface area contributed by atoms with Gasteiger partial charge < -0.3 is 14.8 Å². The topological polar surface area (TPSA) is 114 Å². The van der Waals surface area contributed by atoms with Crippen LogP contribution in [-0.2, 0) is 11.4 Å². The van der Waals surface area contributed by atoms with Crippen LogP contribution in [0.5, 0.6) is 11.5 Å². The summed E-state index contributed by atoms with van der Waals surface area (Å²) in [5, 5.41) is 22.8. The van der Waals surface area contributed by atoms with Crippen LogP contribution in [0.2, 0.25) is 5.02 Å². The molecule has 3 aromatic carbocycles. The lowest BCUT2D eigenvalue weighted by molar-refractivity contribution is -0.384. The van der Waals surface area contributed by atoms with E-state index in [2.05, 4.69) is 5.32 Å². The molecule has 0 aromatic heterocycles. The third-order valence-corrected chi connectivity index (χ3v) is 4.83. The van der Waals surface area contributed by atoms with Gasteiger partial charge in [-0.25, -0.2) is 0 Å². The molecule has 1 N–H and O–H groups in total. The minimum atomic E-state index is -0.712. The number of carbonyl (C=O) groups excluding carboxylic acids is 1. The number of benzene rings is 3. The fourth-order valence-corrected chi connectivity index (χ4v) is 3.08. The van der Waals surface area contributed by atoms with Gasteiger partial charge in [0, 0.05) is 12.1 Å². The second kappa shape index (κ2) is 10.8. The predicted molar refractivity (Wildman–Crippen MR) is 124 cm³/mol. The molecule has 3 aromatic rings. The number of hydrogen-bond donors (Lipinski definition) is 1. The lowest BCUT2D eigenvalue weighted by Gasteiger charge is -2.12. The van der Waals surface area contributed by atoms with Crippen LogP contribution in [-0.4, -0.2) is 17.9 Å². The molecule has 1 amide bonds. The summed E-state index contributed by atoms with van der Waals surface area (Å²) in [5.74, 6) is 0.241. The number of nitriles is 1. The van der Waals surface area contributed by atoms with Crippen LogP contribution >= 0.6 is 11.6 Å². The standard InChI is InChI=1S/C24H18ClN3O5/c1-32-22-10-7-17(12-23(22)33-15-16-5-3-2-4-6-16)11-18(14-26)24(29)27-21-9-8-19(28(30)31)13-20(21)25/h2-13H,15H2,1H3,(H,27,29)/b18-11+. The van der Waals surface area contributed by atoms with Crippen molar-refractivity contribution < 1.29 is 19.2 Å². The van der Waals surface area contributed by atoms with Gasteiger partial charge in [-0.3, -0.25) is 14.9 Å². The second-order valence-corrected chi connectivity index (χ2v) is 7.14. The molecule has 0 saturated heterocycles. The summed E-state index contributed by atoms with van der Waals surface area (Å²) in [5.41, 5.74) is 1.26. The van der Waals surface area contributed by atoms with E-state index in [1.165, 1.54) is 25.3 Å². The van der Waals surface area contributed by atoms with Crippen molar-refractivity contribution in [2.24, 2.45) is 0 Å². The van der Waals surface area contributed by atoms with E-state index in [0.29, 0.717) is 23.7 Å². The third kappa shape index (κ3) is 6.09. The Bertz CT molecular complexity index is 1250. The summed E-state index contributed by atoms with van der Waals surface area (Å²) in [7, 11) is 1.52. The smallest absolute Gasteiger partial charge is 0.271 e. The maximum atomic E-state index is 12.6. The molecule has 3 rings (SSSR count). The van der Waals surface area contributed by atoms with Gasteiger partial charge in [-0.05, 0) is 35.4 Å². The fraction of sp³-hybridized carbons (Fsp3) is 0.0833. The van der Waals surface area contributed by atoms with Crippen molar-refractivity contribution in [3.05, 3.63) is 98.6 Å². The molecule has 9 heteroatoms. The van der Waals surface area contributed by atoms with Crippen molar-refractivity contribution in [3.63, 3.8) is 0 Å². The first-order valence-corrected chi connectivity index (χ1v) is 10.0. The molecule has 0 aliphatic rings. The SMILES string of the molecule is COc1ccc(/C=C(\C#N)C(=O)Nc2ccc([N+](=O)[O-])cc2Cl)cc1OCc1ccccc1. The van der Waals surface area contributed by atoms with Crippen LogP contribution in [0.15, 0.2) is 72.3 Å². The first-order valence-electron chi connectivity index (χ1n) is 9.63. The van der Waals surface area contributed by atoms with Crippen LogP contribution in [0.4, 0.5) is 11.4 Å². The van der Waals surface area contributed by atoms with Crippen molar-refractivity contribution in [2.75, 3.05) is 12.4 Å². The molecular formula is C24H18ClN3O5. The lowest BCUT2D eigenvalue weighted by Crippen LogP contribution is -2.13. The fourth-order valence-electron chi connectivity index (χ4n) is 2.86. The van der Waals surface area contributed by atoms with Crippen LogP contribution in [0.25, 0.3) is 6.08 Å². The maximum Gasteiger partial charge on any atom is 0.271 e. The highest BCUT2D eigenvalue weighted by atomic mass is 35.5. The molecule has 0 bridgehead atoms. The molecule has 0 atom stereocenters. The van der Waals surface area contributed by atoms with Gasteiger partial charge in [-0.1, -0.05) is 48.0 Å². The molecule has 0 fully saturated rings. The summed E-state index contributed by atoms with van der Waals surface area (Å²) < 4.78 is 11.2. The number of nitrogens with zero attached hydrogens (tertiary/aromatic N) is 2. The van der Waals surface area contributed by atoms with Crippen molar-refractivity contribution in [1.29, 1.82) is 5.26 Å². The van der Waals surface area contributed by atoms with Crippen molar-refractivity contribution in [1.82, 2.24) is 0 Å². The van der Waals surface area contributed by atoms with Gasteiger partial charge >= 0.3 is 0 Å². The number of nitro groups is 1. The number of amides is 1. The van der Waals surface area contributed by atoms with E-state index >= 15 is 0 Å². The van der Waals surface area contributed by atoms with Crippen molar-refractivity contribution in [3.8, 4) is 17.6 Å². The third-order valence-electron chi connectivity index (χ3n) is 4.51. The van der Waals surface area contributed by atoms with E-state index in [1.807, 2.05) is 36.4 Å². The zero-order chi connectivity index (χ0) is 23.8. The number of nitrogens with one attached hydrogen (secondary N) is 1. The molecule has 0 aliphatic heterocycles. The Morgan fingerprint density at radius 3 is 2.55 bits per heavy atom. The normalized spacial score (nSPS) is 10.8. The van der Waals surface area contributed by atoms with E-state index in [0.717, 1.165) is 11.6 Å². The molecule has 0 spiro atoms. The quantitative estimate of drug-likeness (QED) is 0.207. The van der Waals surface area contributed by atoms with E-state index in [-0.39, 0.29) is 22.0 Å². The Kier molecular flexibility index (Phi) is 7.63. The van der Waals surface area contributed by atoms with Gasteiger partial charge in [0.2, 0.25) is 0 Å². The number of ether oxygens (including phenoxy) is 2. The number of rotatable bonds is 8. The molecule has 8 nitrogen and oxygen atoms in total. The van der Waals surface area contributed by atoms with E-state index in [9.17, 15) is 20.2 Å². The molecule has 0 aliphatic carbocycles. The summed E-state index contributed by atoms with van der Waals surface area (Å²) >= 11 is 6.01. The highest BCUT2D eigenvalue weighted by Crippen LogP contribution is 2.30. The molecular weight excluding hydrogens is 446 g/mol.